The van der Waals surface area contributed by atoms with Crippen LogP contribution < -0.4 is 10.2 Å². The number of carbonyl (C=O) groups is 2. The highest BCUT2D eigenvalue weighted by Crippen LogP contribution is 2.29. The number of para-hydroxylation sites is 1. The number of aromatic amines is 1. The minimum absolute atomic E-state index is 0.0301. The molecule has 4 aromatic rings. The van der Waals surface area contributed by atoms with E-state index in [2.05, 4.69) is 31.5 Å². The summed E-state index contributed by atoms with van der Waals surface area (Å²) < 4.78 is 0. The van der Waals surface area contributed by atoms with E-state index in [-0.39, 0.29) is 17.9 Å². The second kappa shape index (κ2) is 8.30. The van der Waals surface area contributed by atoms with Crippen molar-refractivity contribution < 1.29 is 9.59 Å². The first-order valence-corrected chi connectivity index (χ1v) is 11.5. The van der Waals surface area contributed by atoms with Gasteiger partial charge in [0.25, 0.3) is 0 Å². The standard InChI is InChI=1S/C26H24N6O2/c33-25(17-5-6-23-20(13-17)15-28-30-23)18-7-10-27-24(14-18)31-11-8-21(9-12-31)32-16-19-3-1-2-4-22(19)29-26(32)34/h1-7,10,13-15,21H,8-9,11-12,16H2,(H,28,30)(H,29,34). The number of nitrogens with one attached hydrogen (secondary N) is 2. The van der Waals surface area contributed by atoms with Crippen LogP contribution in [0.5, 0.6) is 0 Å². The minimum atomic E-state index is -0.0368. The van der Waals surface area contributed by atoms with Gasteiger partial charge in [-0.05, 0) is 54.8 Å². The molecule has 34 heavy (non-hydrogen) atoms. The number of urea groups is 1. The summed E-state index contributed by atoms with van der Waals surface area (Å²) in [6.07, 6.45) is 5.12. The summed E-state index contributed by atoms with van der Waals surface area (Å²) >= 11 is 0. The molecule has 170 valence electrons. The maximum absolute atomic E-state index is 13.1. The van der Waals surface area contributed by atoms with Crippen molar-refractivity contribution in [3.05, 3.63) is 83.7 Å². The van der Waals surface area contributed by atoms with E-state index in [4.69, 9.17) is 0 Å². The SMILES string of the molecule is O=C(c1ccnc(N2CCC(N3Cc4ccccc4NC3=O)CC2)c1)c1ccc2[nH]ncc2c1. The van der Waals surface area contributed by atoms with Crippen LogP contribution in [0.2, 0.25) is 0 Å². The average Bonchev–Trinajstić information content (AvgIpc) is 3.36. The number of benzene rings is 2. The zero-order valence-corrected chi connectivity index (χ0v) is 18.6. The van der Waals surface area contributed by atoms with Gasteiger partial charge in [-0.1, -0.05) is 18.2 Å². The zero-order chi connectivity index (χ0) is 23.1. The molecule has 0 bridgehead atoms. The fourth-order valence-corrected chi connectivity index (χ4v) is 4.91. The molecule has 0 unspecified atom stereocenters. The Balaban J connectivity index is 1.15. The molecule has 0 radical (unpaired) electrons. The van der Waals surface area contributed by atoms with Gasteiger partial charge in [0, 0.05) is 54.1 Å². The monoisotopic (exact) mass is 452 g/mol. The molecule has 2 aromatic heterocycles. The maximum Gasteiger partial charge on any atom is 0.322 e. The van der Waals surface area contributed by atoms with Gasteiger partial charge < -0.3 is 15.1 Å². The van der Waals surface area contributed by atoms with Gasteiger partial charge in [-0.2, -0.15) is 5.10 Å². The number of carbonyl (C=O) groups excluding carboxylic acids is 2. The molecule has 0 saturated carbocycles. The van der Waals surface area contributed by atoms with E-state index in [1.807, 2.05) is 47.4 Å². The lowest BCUT2D eigenvalue weighted by Crippen LogP contribution is -2.50. The molecule has 2 amide bonds. The Hall–Kier alpha value is -4.20. The third-order valence-electron chi connectivity index (χ3n) is 6.80. The Labute approximate surface area is 196 Å². The van der Waals surface area contributed by atoms with Crippen LogP contribution in [0.4, 0.5) is 16.3 Å². The number of anilines is 2. The molecule has 0 spiro atoms. The smallest absolute Gasteiger partial charge is 0.322 e. The van der Waals surface area contributed by atoms with Crippen molar-refractivity contribution in [2.24, 2.45) is 0 Å². The van der Waals surface area contributed by atoms with Gasteiger partial charge in [0.05, 0.1) is 11.7 Å². The second-order valence-corrected chi connectivity index (χ2v) is 8.84. The highest BCUT2D eigenvalue weighted by atomic mass is 16.2. The summed E-state index contributed by atoms with van der Waals surface area (Å²) in [6.45, 7) is 2.19. The van der Waals surface area contributed by atoms with Crippen molar-refractivity contribution in [2.45, 2.75) is 25.4 Å². The second-order valence-electron chi connectivity index (χ2n) is 8.84. The number of hydrogen-bond donors (Lipinski definition) is 2. The van der Waals surface area contributed by atoms with E-state index in [0.29, 0.717) is 17.7 Å². The summed E-state index contributed by atoms with van der Waals surface area (Å²) in [5.41, 5.74) is 4.19. The number of fused-ring (bicyclic) bond motifs is 2. The fraction of sp³-hybridized carbons (Fsp3) is 0.231. The number of amides is 2. The number of H-pyrrole nitrogens is 1. The summed E-state index contributed by atoms with van der Waals surface area (Å²) in [5.74, 6) is 0.757. The molecular weight excluding hydrogens is 428 g/mol. The van der Waals surface area contributed by atoms with Gasteiger partial charge in [-0.25, -0.2) is 9.78 Å². The van der Waals surface area contributed by atoms with E-state index in [0.717, 1.165) is 53.9 Å². The Morgan fingerprint density at radius 2 is 1.82 bits per heavy atom. The molecule has 8 heteroatoms. The van der Waals surface area contributed by atoms with Crippen LogP contribution in [0.15, 0.2) is 67.0 Å². The summed E-state index contributed by atoms with van der Waals surface area (Å²) in [5, 5.41) is 10.9. The van der Waals surface area contributed by atoms with E-state index in [9.17, 15) is 9.59 Å². The lowest BCUT2D eigenvalue weighted by molar-refractivity contribution is 0.103. The number of nitrogens with zero attached hydrogens (tertiary/aromatic N) is 4. The topological polar surface area (TPSA) is 94.2 Å². The fourth-order valence-electron chi connectivity index (χ4n) is 4.91. The molecule has 8 nitrogen and oxygen atoms in total. The Morgan fingerprint density at radius 3 is 2.71 bits per heavy atom. The van der Waals surface area contributed by atoms with E-state index < -0.39 is 0 Å². The third-order valence-corrected chi connectivity index (χ3v) is 6.80. The summed E-state index contributed by atoms with van der Waals surface area (Å²) in [7, 11) is 0. The van der Waals surface area contributed by atoms with Gasteiger partial charge in [0.2, 0.25) is 0 Å². The van der Waals surface area contributed by atoms with Crippen molar-refractivity contribution >= 4 is 34.2 Å². The molecule has 2 N–H and O–H groups in total. The van der Waals surface area contributed by atoms with Crippen LogP contribution in [0.25, 0.3) is 10.9 Å². The van der Waals surface area contributed by atoms with Crippen LogP contribution in [-0.2, 0) is 6.54 Å². The van der Waals surface area contributed by atoms with Crippen molar-refractivity contribution in [3.63, 3.8) is 0 Å². The maximum atomic E-state index is 13.1. The van der Waals surface area contributed by atoms with Crippen molar-refractivity contribution in [1.29, 1.82) is 0 Å². The van der Waals surface area contributed by atoms with Crippen LogP contribution in [-0.4, -0.2) is 51.0 Å². The molecule has 1 saturated heterocycles. The minimum Gasteiger partial charge on any atom is -0.356 e. The number of piperidine rings is 1. The Bertz CT molecular complexity index is 1390. The first-order chi connectivity index (χ1) is 16.7. The predicted octanol–water partition coefficient (Wildman–Crippen LogP) is 4.21. The highest BCUT2D eigenvalue weighted by Gasteiger charge is 2.31. The van der Waals surface area contributed by atoms with Gasteiger partial charge in [-0.3, -0.25) is 9.89 Å². The van der Waals surface area contributed by atoms with Gasteiger partial charge in [-0.15, -0.1) is 0 Å². The third kappa shape index (κ3) is 3.67. The number of ketones is 1. The van der Waals surface area contributed by atoms with Gasteiger partial charge in [0.15, 0.2) is 5.78 Å². The Morgan fingerprint density at radius 1 is 1.00 bits per heavy atom. The van der Waals surface area contributed by atoms with Crippen molar-refractivity contribution in [2.75, 3.05) is 23.3 Å². The number of pyridine rings is 1. The van der Waals surface area contributed by atoms with Gasteiger partial charge >= 0.3 is 6.03 Å². The molecule has 0 atom stereocenters. The van der Waals surface area contributed by atoms with Crippen molar-refractivity contribution in [3.8, 4) is 0 Å². The molecule has 6 rings (SSSR count). The number of rotatable bonds is 4. The van der Waals surface area contributed by atoms with E-state index in [1.54, 1.807) is 18.5 Å². The van der Waals surface area contributed by atoms with E-state index >= 15 is 0 Å². The number of aromatic nitrogens is 3. The van der Waals surface area contributed by atoms with Crippen LogP contribution in [0.3, 0.4) is 0 Å². The average molecular weight is 453 g/mol. The van der Waals surface area contributed by atoms with Gasteiger partial charge in [0.1, 0.15) is 5.82 Å². The zero-order valence-electron chi connectivity index (χ0n) is 18.6. The Kier molecular flexibility index (Phi) is 4.98. The molecule has 2 aliphatic heterocycles. The predicted molar refractivity (Wildman–Crippen MR) is 130 cm³/mol. The lowest BCUT2D eigenvalue weighted by atomic mass is 10.00. The van der Waals surface area contributed by atoms with Crippen LogP contribution in [0.1, 0.15) is 34.3 Å². The first-order valence-electron chi connectivity index (χ1n) is 11.5. The lowest BCUT2D eigenvalue weighted by Gasteiger charge is -2.41. The van der Waals surface area contributed by atoms with E-state index in [1.165, 1.54) is 0 Å². The largest absolute Gasteiger partial charge is 0.356 e. The summed E-state index contributed by atoms with van der Waals surface area (Å²) in [6, 6.07) is 17.3. The normalized spacial score (nSPS) is 16.4. The molecule has 4 heterocycles. The molecular formula is C26H24N6O2. The van der Waals surface area contributed by atoms with Crippen LogP contribution in [0, 0.1) is 0 Å². The summed E-state index contributed by atoms with van der Waals surface area (Å²) in [4.78, 5) is 34.5. The van der Waals surface area contributed by atoms with Crippen molar-refractivity contribution in [1.82, 2.24) is 20.1 Å². The molecule has 2 aliphatic rings. The molecule has 0 aliphatic carbocycles. The first kappa shape index (κ1) is 20.4. The quantitative estimate of drug-likeness (QED) is 0.453. The highest BCUT2D eigenvalue weighted by molar-refractivity contribution is 6.10. The number of hydrogen-bond acceptors (Lipinski definition) is 5. The molecule has 2 aromatic carbocycles. The van der Waals surface area contributed by atoms with Crippen LogP contribution >= 0.6 is 0 Å². The molecule has 1 fully saturated rings.